The Balaban J connectivity index is 1.38. The zero-order chi connectivity index (χ0) is 22.4. The van der Waals surface area contributed by atoms with Crippen LogP contribution < -0.4 is 10.6 Å². The second-order valence-corrected chi connectivity index (χ2v) is 8.20. The Morgan fingerprint density at radius 3 is 2.50 bits per heavy atom. The summed E-state index contributed by atoms with van der Waals surface area (Å²) in [6.45, 7) is 0.509. The van der Waals surface area contributed by atoms with Gasteiger partial charge in [-0.05, 0) is 66.6 Å². The predicted octanol–water partition coefficient (Wildman–Crippen LogP) is 4.11. The number of halogens is 3. The van der Waals surface area contributed by atoms with Gasteiger partial charge in [0.15, 0.2) is 0 Å². The molecule has 1 saturated carbocycles. The van der Waals surface area contributed by atoms with Crippen LogP contribution in [-0.4, -0.2) is 35.7 Å². The number of aromatic nitrogens is 1. The van der Waals surface area contributed by atoms with Crippen LogP contribution in [0.3, 0.4) is 0 Å². The second kappa shape index (κ2) is 7.89. The van der Waals surface area contributed by atoms with Gasteiger partial charge in [0, 0.05) is 18.0 Å². The summed E-state index contributed by atoms with van der Waals surface area (Å²) in [6, 6.07) is 7.25. The van der Waals surface area contributed by atoms with Crippen LogP contribution in [-0.2, 0) is 9.53 Å². The average Bonchev–Trinajstić information content (AvgIpc) is 3.29. The predicted molar refractivity (Wildman–Crippen MR) is 110 cm³/mol. The van der Waals surface area contributed by atoms with Crippen molar-refractivity contribution in [1.29, 1.82) is 0 Å². The molecule has 1 aromatic heterocycles. The molecule has 1 aliphatic heterocycles. The fourth-order valence-electron chi connectivity index (χ4n) is 4.47. The maximum absolute atomic E-state index is 14.4. The lowest BCUT2D eigenvalue weighted by Crippen LogP contribution is -2.43. The number of hydrogen-bond donors (Lipinski definition) is 3. The molecule has 1 saturated heterocycles. The first kappa shape index (κ1) is 20.4. The summed E-state index contributed by atoms with van der Waals surface area (Å²) in [5, 5.41) is 5.60. The van der Waals surface area contributed by atoms with E-state index in [1.807, 2.05) is 0 Å². The SMILES string of the molecule is O=C(N[C@H]1CCNC1=O)OC1CC(c2c(-c3ccc(F)cc3)[nH]c3c(F)cc(F)cc23)C1. The van der Waals surface area contributed by atoms with Crippen LogP contribution >= 0.6 is 0 Å². The van der Waals surface area contributed by atoms with Gasteiger partial charge in [0.1, 0.15) is 29.6 Å². The van der Waals surface area contributed by atoms with Crippen molar-refractivity contribution in [3.8, 4) is 11.3 Å². The van der Waals surface area contributed by atoms with Crippen LogP contribution in [0.5, 0.6) is 0 Å². The quantitative estimate of drug-likeness (QED) is 0.568. The first-order valence-corrected chi connectivity index (χ1v) is 10.4. The van der Waals surface area contributed by atoms with Gasteiger partial charge in [-0.1, -0.05) is 0 Å². The number of hydrogen-bond acceptors (Lipinski definition) is 3. The van der Waals surface area contributed by atoms with Gasteiger partial charge in [-0.2, -0.15) is 0 Å². The van der Waals surface area contributed by atoms with Gasteiger partial charge in [0.05, 0.1) is 11.2 Å². The first-order chi connectivity index (χ1) is 15.4. The maximum atomic E-state index is 14.4. The Morgan fingerprint density at radius 2 is 1.81 bits per heavy atom. The van der Waals surface area contributed by atoms with Crippen LogP contribution in [0, 0.1) is 17.5 Å². The molecule has 166 valence electrons. The van der Waals surface area contributed by atoms with E-state index in [0.29, 0.717) is 48.0 Å². The molecule has 2 amide bonds. The Labute approximate surface area is 181 Å². The van der Waals surface area contributed by atoms with Crippen molar-refractivity contribution in [3.05, 3.63) is 59.4 Å². The zero-order valence-electron chi connectivity index (χ0n) is 16.9. The third kappa shape index (κ3) is 3.68. The summed E-state index contributed by atoms with van der Waals surface area (Å²) < 4.78 is 47.2. The van der Waals surface area contributed by atoms with Crippen molar-refractivity contribution in [2.75, 3.05) is 6.54 Å². The normalized spacial score (nSPS) is 22.5. The highest BCUT2D eigenvalue weighted by Crippen LogP contribution is 2.46. The molecular formula is C23H20F3N3O3. The molecule has 6 nitrogen and oxygen atoms in total. The van der Waals surface area contributed by atoms with Crippen molar-refractivity contribution in [3.63, 3.8) is 0 Å². The van der Waals surface area contributed by atoms with E-state index < -0.39 is 29.6 Å². The van der Waals surface area contributed by atoms with Crippen molar-refractivity contribution >= 4 is 22.9 Å². The van der Waals surface area contributed by atoms with E-state index in [1.54, 1.807) is 12.1 Å². The third-order valence-electron chi connectivity index (χ3n) is 6.11. The van der Waals surface area contributed by atoms with E-state index in [2.05, 4.69) is 15.6 Å². The maximum Gasteiger partial charge on any atom is 0.408 e. The molecule has 2 aliphatic rings. The van der Waals surface area contributed by atoms with Crippen molar-refractivity contribution in [2.24, 2.45) is 0 Å². The Kier molecular flexibility index (Phi) is 5.03. The molecule has 0 bridgehead atoms. The highest BCUT2D eigenvalue weighted by atomic mass is 19.1. The van der Waals surface area contributed by atoms with Crippen molar-refractivity contribution < 1.29 is 27.5 Å². The molecule has 0 spiro atoms. The zero-order valence-corrected chi connectivity index (χ0v) is 16.9. The van der Waals surface area contributed by atoms with Crippen LogP contribution in [0.1, 0.15) is 30.7 Å². The van der Waals surface area contributed by atoms with Gasteiger partial charge in [-0.25, -0.2) is 18.0 Å². The molecule has 5 rings (SSSR count). The minimum absolute atomic E-state index is 0.113. The second-order valence-electron chi connectivity index (χ2n) is 8.20. The van der Waals surface area contributed by atoms with E-state index in [4.69, 9.17) is 4.74 Å². The van der Waals surface area contributed by atoms with Crippen LogP contribution in [0.15, 0.2) is 36.4 Å². The highest BCUT2D eigenvalue weighted by Gasteiger charge is 2.38. The van der Waals surface area contributed by atoms with Crippen LogP contribution in [0.4, 0.5) is 18.0 Å². The summed E-state index contributed by atoms with van der Waals surface area (Å²) in [7, 11) is 0. The van der Waals surface area contributed by atoms with E-state index >= 15 is 0 Å². The minimum Gasteiger partial charge on any atom is -0.446 e. The van der Waals surface area contributed by atoms with Gasteiger partial charge in [0.25, 0.3) is 0 Å². The number of nitrogens with one attached hydrogen (secondary N) is 3. The monoisotopic (exact) mass is 443 g/mol. The minimum atomic E-state index is -0.712. The lowest BCUT2D eigenvalue weighted by molar-refractivity contribution is -0.120. The molecule has 2 heterocycles. The fourth-order valence-corrected chi connectivity index (χ4v) is 4.47. The molecule has 3 aromatic rings. The number of ether oxygens (including phenoxy) is 1. The number of benzene rings is 2. The molecular weight excluding hydrogens is 423 g/mol. The Bertz CT molecular complexity index is 1200. The summed E-state index contributed by atoms with van der Waals surface area (Å²) in [5.41, 5.74) is 2.11. The summed E-state index contributed by atoms with van der Waals surface area (Å²) >= 11 is 0. The topological polar surface area (TPSA) is 83.2 Å². The molecule has 1 aliphatic carbocycles. The highest BCUT2D eigenvalue weighted by molar-refractivity contribution is 5.92. The lowest BCUT2D eigenvalue weighted by atomic mass is 9.75. The van der Waals surface area contributed by atoms with Crippen molar-refractivity contribution in [2.45, 2.75) is 37.3 Å². The molecule has 2 aromatic carbocycles. The van der Waals surface area contributed by atoms with E-state index in [-0.39, 0.29) is 23.4 Å². The molecule has 32 heavy (non-hydrogen) atoms. The molecule has 2 fully saturated rings. The van der Waals surface area contributed by atoms with Gasteiger partial charge < -0.3 is 20.4 Å². The summed E-state index contributed by atoms with van der Waals surface area (Å²) in [6.07, 6.45) is 0.390. The molecule has 3 N–H and O–H groups in total. The number of carbonyl (C=O) groups is 2. The van der Waals surface area contributed by atoms with E-state index in [9.17, 15) is 22.8 Å². The van der Waals surface area contributed by atoms with Gasteiger partial charge in [0.2, 0.25) is 5.91 Å². The number of fused-ring (bicyclic) bond motifs is 1. The van der Waals surface area contributed by atoms with Gasteiger partial charge in [-0.3, -0.25) is 4.79 Å². The number of alkyl carbamates (subject to hydrolysis) is 1. The summed E-state index contributed by atoms with van der Waals surface area (Å²) in [4.78, 5) is 26.7. The van der Waals surface area contributed by atoms with E-state index in [1.165, 1.54) is 18.2 Å². The number of rotatable bonds is 4. The number of carbonyl (C=O) groups excluding carboxylic acids is 2. The third-order valence-corrected chi connectivity index (χ3v) is 6.11. The van der Waals surface area contributed by atoms with Gasteiger partial charge in [-0.15, -0.1) is 0 Å². The standard InChI is InChI=1S/C23H20F3N3O3/c24-13-3-1-11(2-4-13)20-19(16-9-14(25)10-17(26)21(16)29-20)12-7-15(8-12)32-23(31)28-18-5-6-27-22(18)30/h1-4,9-10,12,15,18,29H,5-8H2,(H,27,30)(H,28,31)/t12?,15?,18-/m0/s1. The van der Waals surface area contributed by atoms with Crippen molar-refractivity contribution in [1.82, 2.24) is 15.6 Å². The fraction of sp³-hybridized carbons (Fsp3) is 0.304. The average molecular weight is 443 g/mol. The first-order valence-electron chi connectivity index (χ1n) is 10.4. The van der Waals surface area contributed by atoms with Crippen LogP contribution in [0.25, 0.3) is 22.2 Å². The summed E-state index contributed by atoms with van der Waals surface area (Å²) in [5.74, 6) is -2.15. The molecule has 9 heteroatoms. The molecule has 0 unspecified atom stereocenters. The van der Waals surface area contributed by atoms with Crippen LogP contribution in [0.2, 0.25) is 0 Å². The Morgan fingerprint density at radius 1 is 1.06 bits per heavy atom. The Hall–Kier alpha value is -3.49. The smallest absolute Gasteiger partial charge is 0.408 e. The number of aromatic amines is 1. The molecule has 0 radical (unpaired) electrons. The van der Waals surface area contributed by atoms with Gasteiger partial charge >= 0.3 is 6.09 Å². The lowest BCUT2D eigenvalue weighted by Gasteiger charge is -2.35. The van der Waals surface area contributed by atoms with E-state index in [0.717, 1.165) is 6.07 Å². The largest absolute Gasteiger partial charge is 0.446 e. The molecule has 1 atom stereocenters. The number of H-pyrrole nitrogens is 1. The number of amides is 2.